The van der Waals surface area contributed by atoms with Gasteiger partial charge in [0, 0.05) is 23.7 Å². The molecule has 0 aliphatic carbocycles. The number of rotatable bonds is 5. The van der Waals surface area contributed by atoms with Crippen LogP contribution in [0.25, 0.3) is 5.70 Å². The van der Waals surface area contributed by atoms with Crippen molar-refractivity contribution in [1.82, 2.24) is 14.8 Å². The van der Waals surface area contributed by atoms with E-state index in [-0.39, 0.29) is 0 Å². The molecule has 3 aromatic rings. The molecule has 4 rings (SSSR count). The molecule has 1 aliphatic rings. The molecule has 0 bridgehead atoms. The highest BCUT2D eigenvalue weighted by Crippen LogP contribution is 2.36. The van der Waals surface area contributed by atoms with E-state index in [2.05, 4.69) is 15.4 Å². The molecular weight excluding hydrogens is 378 g/mol. The summed E-state index contributed by atoms with van der Waals surface area (Å²) in [5, 5.41) is 7.74. The fraction of sp³-hybridized carbons (Fsp3) is 0.238. The number of aromatic nitrogens is 3. The number of anilines is 1. The van der Waals surface area contributed by atoms with E-state index >= 15 is 0 Å². The van der Waals surface area contributed by atoms with Gasteiger partial charge in [0.05, 0.1) is 14.2 Å². The Kier molecular flexibility index (Phi) is 4.92. The summed E-state index contributed by atoms with van der Waals surface area (Å²) >= 11 is 0. The van der Waals surface area contributed by atoms with E-state index in [9.17, 15) is 8.78 Å². The predicted molar refractivity (Wildman–Crippen MR) is 105 cm³/mol. The highest BCUT2D eigenvalue weighted by Gasteiger charge is 2.26. The SMILES string of the molecule is CCc1nc2n(n1)[C@H](c1cc(F)cc(F)c1)C=C(c1ccc(OC)c(OC)c1)N2. The van der Waals surface area contributed by atoms with Crippen molar-refractivity contribution < 1.29 is 18.3 Å². The number of hydrogen-bond acceptors (Lipinski definition) is 5. The first-order valence-electron chi connectivity index (χ1n) is 9.15. The van der Waals surface area contributed by atoms with Crippen LogP contribution in [0.15, 0.2) is 42.5 Å². The lowest BCUT2D eigenvalue weighted by Gasteiger charge is -2.24. The fourth-order valence-corrected chi connectivity index (χ4v) is 3.34. The lowest BCUT2D eigenvalue weighted by atomic mass is 10.0. The largest absolute Gasteiger partial charge is 0.493 e. The van der Waals surface area contributed by atoms with Crippen LogP contribution in [0.3, 0.4) is 0 Å². The Labute approximate surface area is 166 Å². The van der Waals surface area contributed by atoms with Crippen LogP contribution in [0, 0.1) is 11.6 Å². The first-order valence-corrected chi connectivity index (χ1v) is 9.15. The van der Waals surface area contributed by atoms with Crippen molar-refractivity contribution in [3.63, 3.8) is 0 Å². The molecule has 8 heteroatoms. The van der Waals surface area contributed by atoms with Gasteiger partial charge in [0.25, 0.3) is 0 Å². The first-order chi connectivity index (χ1) is 14.0. The Morgan fingerprint density at radius 1 is 1.03 bits per heavy atom. The summed E-state index contributed by atoms with van der Waals surface area (Å²) in [6.45, 7) is 1.95. The molecular formula is C21H20F2N4O2. The van der Waals surface area contributed by atoms with Crippen molar-refractivity contribution >= 4 is 11.6 Å². The number of allylic oxidation sites excluding steroid dienone is 1. The topological polar surface area (TPSA) is 61.2 Å². The van der Waals surface area contributed by atoms with Crippen molar-refractivity contribution in [2.24, 2.45) is 0 Å². The van der Waals surface area contributed by atoms with Gasteiger partial charge in [-0.25, -0.2) is 13.5 Å². The first kappa shape index (κ1) is 18.9. The summed E-state index contributed by atoms with van der Waals surface area (Å²) < 4.78 is 40.1. The maximum atomic E-state index is 13.9. The van der Waals surface area contributed by atoms with Gasteiger partial charge in [-0.3, -0.25) is 0 Å². The number of hydrogen-bond donors (Lipinski definition) is 1. The highest BCUT2D eigenvalue weighted by molar-refractivity contribution is 5.78. The Morgan fingerprint density at radius 3 is 2.41 bits per heavy atom. The predicted octanol–water partition coefficient (Wildman–Crippen LogP) is 4.19. The standard InChI is InChI=1S/C21H20F2N4O2/c1-4-20-25-21-24-16(12-5-6-18(28-2)19(9-12)29-3)11-17(27(21)26-20)13-7-14(22)10-15(23)8-13/h5-11,17H,4H2,1-3H3,(H,24,25,26)/t17-/m0/s1. The molecule has 0 unspecified atom stereocenters. The van der Waals surface area contributed by atoms with E-state index in [1.54, 1.807) is 25.0 Å². The molecule has 0 saturated carbocycles. The number of methoxy groups -OCH3 is 2. The third kappa shape index (κ3) is 3.53. The zero-order valence-corrected chi connectivity index (χ0v) is 16.2. The van der Waals surface area contributed by atoms with Crippen LogP contribution in [0.1, 0.15) is 29.9 Å². The minimum absolute atomic E-state index is 0.441. The summed E-state index contributed by atoms with van der Waals surface area (Å²) in [6, 6.07) is 8.43. The molecule has 1 N–H and O–H groups in total. The number of nitrogens with one attached hydrogen (secondary N) is 1. The van der Waals surface area contributed by atoms with E-state index in [1.807, 2.05) is 25.1 Å². The van der Waals surface area contributed by atoms with Crippen LogP contribution in [0.5, 0.6) is 11.5 Å². The second-order valence-corrected chi connectivity index (χ2v) is 6.57. The van der Waals surface area contributed by atoms with Gasteiger partial charge in [0.15, 0.2) is 17.3 Å². The molecule has 6 nitrogen and oxygen atoms in total. The minimum atomic E-state index is -0.642. The number of benzene rings is 2. The van der Waals surface area contributed by atoms with Gasteiger partial charge in [-0.05, 0) is 42.0 Å². The molecule has 1 aliphatic heterocycles. The monoisotopic (exact) mass is 398 g/mol. The maximum Gasteiger partial charge on any atom is 0.226 e. The van der Waals surface area contributed by atoms with Crippen molar-refractivity contribution in [2.45, 2.75) is 19.4 Å². The van der Waals surface area contributed by atoms with Crippen molar-refractivity contribution in [2.75, 3.05) is 19.5 Å². The third-order valence-corrected chi connectivity index (χ3v) is 4.75. The molecule has 29 heavy (non-hydrogen) atoms. The maximum absolute atomic E-state index is 13.9. The molecule has 0 amide bonds. The van der Waals surface area contributed by atoms with Crippen LogP contribution >= 0.6 is 0 Å². The van der Waals surface area contributed by atoms with E-state index in [0.717, 1.165) is 17.3 Å². The quantitative estimate of drug-likeness (QED) is 0.698. The molecule has 2 aromatic carbocycles. The third-order valence-electron chi connectivity index (χ3n) is 4.75. The average molecular weight is 398 g/mol. The van der Waals surface area contributed by atoms with Gasteiger partial charge in [-0.1, -0.05) is 6.92 Å². The Bertz CT molecular complexity index is 1070. The van der Waals surface area contributed by atoms with Gasteiger partial charge >= 0.3 is 0 Å². The molecule has 1 aromatic heterocycles. The van der Waals surface area contributed by atoms with E-state index in [1.165, 1.54) is 12.1 Å². The van der Waals surface area contributed by atoms with Gasteiger partial charge in [-0.2, -0.15) is 10.1 Å². The van der Waals surface area contributed by atoms with Gasteiger partial charge in [-0.15, -0.1) is 0 Å². The smallest absolute Gasteiger partial charge is 0.226 e. The summed E-state index contributed by atoms with van der Waals surface area (Å²) in [5.74, 6) is 1.03. The van der Waals surface area contributed by atoms with Crippen molar-refractivity contribution in [1.29, 1.82) is 0 Å². The van der Waals surface area contributed by atoms with Crippen molar-refractivity contribution in [3.8, 4) is 11.5 Å². The van der Waals surface area contributed by atoms with Crippen LogP contribution in [-0.2, 0) is 6.42 Å². The summed E-state index contributed by atoms with van der Waals surface area (Å²) in [4.78, 5) is 4.50. The molecule has 0 spiro atoms. The lowest BCUT2D eigenvalue weighted by Crippen LogP contribution is -2.20. The lowest BCUT2D eigenvalue weighted by molar-refractivity contribution is 0.355. The Morgan fingerprint density at radius 2 is 1.76 bits per heavy atom. The molecule has 0 fully saturated rings. The van der Waals surface area contributed by atoms with Crippen LogP contribution in [0.4, 0.5) is 14.7 Å². The van der Waals surface area contributed by atoms with Crippen LogP contribution in [-0.4, -0.2) is 29.0 Å². The minimum Gasteiger partial charge on any atom is -0.493 e. The number of fused-ring (bicyclic) bond motifs is 1. The second-order valence-electron chi connectivity index (χ2n) is 6.57. The molecule has 2 heterocycles. The molecule has 1 atom stereocenters. The van der Waals surface area contributed by atoms with Gasteiger partial charge in [0.2, 0.25) is 5.95 Å². The summed E-state index contributed by atoms with van der Waals surface area (Å²) in [5.41, 5.74) is 1.98. The van der Waals surface area contributed by atoms with Crippen LogP contribution < -0.4 is 14.8 Å². The Balaban J connectivity index is 1.84. The van der Waals surface area contributed by atoms with Crippen molar-refractivity contribution in [3.05, 3.63) is 71.1 Å². The molecule has 0 saturated heterocycles. The van der Waals surface area contributed by atoms with Crippen LogP contribution in [0.2, 0.25) is 0 Å². The summed E-state index contributed by atoms with van der Waals surface area (Å²) in [7, 11) is 3.13. The van der Waals surface area contributed by atoms with E-state index in [4.69, 9.17) is 9.47 Å². The zero-order chi connectivity index (χ0) is 20.5. The van der Waals surface area contributed by atoms with Gasteiger partial charge < -0.3 is 14.8 Å². The normalized spacial score (nSPS) is 15.3. The zero-order valence-electron chi connectivity index (χ0n) is 16.2. The average Bonchev–Trinajstić information content (AvgIpc) is 3.15. The molecule has 150 valence electrons. The van der Waals surface area contributed by atoms with Gasteiger partial charge in [0.1, 0.15) is 17.7 Å². The second kappa shape index (κ2) is 7.54. The van der Waals surface area contributed by atoms with E-state index in [0.29, 0.717) is 35.3 Å². The fourth-order valence-electron chi connectivity index (χ4n) is 3.34. The number of aryl methyl sites for hydroxylation is 1. The number of nitrogens with zero attached hydrogens (tertiary/aromatic N) is 3. The number of halogens is 2. The number of ether oxygens (including phenoxy) is 2. The summed E-state index contributed by atoms with van der Waals surface area (Å²) in [6.07, 6.45) is 2.49. The highest BCUT2D eigenvalue weighted by atomic mass is 19.1. The van der Waals surface area contributed by atoms with E-state index < -0.39 is 17.7 Å². The molecule has 0 radical (unpaired) electrons. The Hall–Kier alpha value is -3.42.